The third-order valence-electron chi connectivity index (χ3n) is 34.4. The number of rotatable bonds is 38. The van der Waals surface area contributed by atoms with Crippen LogP contribution in [0.1, 0.15) is 279 Å². The van der Waals surface area contributed by atoms with E-state index < -0.39 is 5.82 Å². The lowest BCUT2D eigenvalue weighted by atomic mass is 9.76. The summed E-state index contributed by atoms with van der Waals surface area (Å²) in [6.45, 7) is 17.0. The first-order valence-corrected chi connectivity index (χ1v) is 56.4. The molecule has 8 aliphatic rings. The van der Waals surface area contributed by atoms with E-state index in [0.717, 1.165) is 223 Å². The van der Waals surface area contributed by atoms with E-state index in [1.165, 1.54) is 44.4 Å². The number of aromatic nitrogens is 6. The molecule has 9 heterocycles. The third kappa shape index (κ3) is 27.1. The lowest BCUT2D eigenvalue weighted by molar-refractivity contribution is -0.142. The molecular weight excluding hydrogens is 1940 g/mol. The SMILES string of the molecule is CNC(C)C(=O)CC(C(=O)N1CC(Oc2ccccc2)CC1Cn1cc(C(C)=O)c2cc(F)ccc21)C1CCCCC1.CNC(C)C(=O)CC(C(=O)N1CCCC1Cn1cc(-c2ccnn2C)c2cc(F)ccc21)C1CCCCC1.CNC(C)C(=O)CC(C(=O)N1CCCC1Cn1cc(C(C)=O)c2c(Cl)cccc21)C1CCCCC1.CNC(C)C(=O)CC(C(=O)N1CCCC1Cn1cc(C(C)=O)c2ccc(Cl)cc21)C1CCCCC1. The Bertz CT molecular complexity index is 6320. The molecule has 4 saturated heterocycles. The van der Waals surface area contributed by atoms with Gasteiger partial charge in [0.05, 0.1) is 58.5 Å². The van der Waals surface area contributed by atoms with Crippen molar-refractivity contribution in [1.29, 1.82) is 0 Å². The van der Waals surface area contributed by atoms with Crippen LogP contribution in [0, 0.1) is 59.0 Å². The summed E-state index contributed by atoms with van der Waals surface area (Å²) in [5.74, 6) is 0.659. The number of ketones is 7. The van der Waals surface area contributed by atoms with Crippen molar-refractivity contribution in [2.75, 3.05) is 54.4 Å². The molecule has 10 aromatic rings. The standard InChI is InChI=1S/C34H42FN3O4.C30H40FN5O2.2C28H38ClN3O3/c1-22(36-3)33(40)18-29(24-10-6-4-7-11-24)34(41)38-20-28(42-27-12-8-5-9-13-27)17-26(38)19-37-21-31(23(2)39)30-16-25(35)14-15-32(30)37;1-20(32-2)29(37)17-24(21-8-5-4-6-9-21)30(38)36-15-7-10-23(36)18-35-19-26(27-13-14-33-34(27)3)25-16-22(31)11-12-28(25)35;1-18(30-3)26(34)15-22(20-9-5-4-6-10-20)28(35)32-14-8-11-21(32)16-31-17-23(19(2)33)27-24(29)12-7-13-25(27)31;1-18(30-3)27(34)15-24(20-8-5-4-6-9-20)28(35)32-13-7-10-22(32)16-31-17-25(19(2)33)23-12-11-21(29)14-26(23)31/h5,8-9,12-16,21-22,24,26,28-29,36H,4,6-7,10-11,17-20H2,1-3H3;11-14,16,19-21,23-24,32H,4-10,15,17-18H2,1-3H3;7,12-13,17-18,20-22,30H,4-6,8-11,14-16H2,1-3H3;11-12,14,17-18,20,22,24,30H,4-10,13,15-16H2,1-3H3. The second-order valence-electron chi connectivity index (χ2n) is 44.1. The Morgan fingerprint density at radius 3 is 1.18 bits per heavy atom. The number of hydrogen-bond donors (Lipinski definition) is 4. The van der Waals surface area contributed by atoms with Gasteiger partial charge in [0.25, 0.3) is 0 Å². The normalized spacial score (nSPS) is 20.7. The monoisotopic (exact) mass is 2100 g/mol. The highest BCUT2D eigenvalue weighted by atomic mass is 35.5. The van der Waals surface area contributed by atoms with E-state index in [-0.39, 0.29) is 178 Å². The number of Topliss-reactive ketones (excluding diaryl/α,β-unsaturated/α-hetero) is 7. The fourth-order valence-electron chi connectivity index (χ4n) is 25.4. The van der Waals surface area contributed by atoms with E-state index in [1.54, 1.807) is 71.2 Å². The summed E-state index contributed by atoms with van der Waals surface area (Å²) in [7, 11) is 9.03. The summed E-state index contributed by atoms with van der Waals surface area (Å²) in [6.07, 6.45) is 38.4. The fraction of sp³-hybridized carbons (Fsp3) is 0.567. The topological polar surface area (TPSA) is 296 Å². The third-order valence-corrected chi connectivity index (χ3v) is 35.0. The Morgan fingerprint density at radius 1 is 0.387 bits per heavy atom. The molecule has 13 unspecified atom stereocenters. The Morgan fingerprint density at radius 2 is 0.767 bits per heavy atom. The number of nitrogens with one attached hydrogen (secondary N) is 4. The number of nitrogens with zero attached hydrogens (tertiary/aromatic N) is 10. The zero-order valence-corrected chi connectivity index (χ0v) is 91.6. The summed E-state index contributed by atoms with van der Waals surface area (Å²) < 4.78 is 44.9. The number of fused-ring (bicyclic) bond motifs is 4. The molecule has 4 aliphatic carbocycles. The minimum Gasteiger partial charge on any atom is -0.489 e. The van der Waals surface area contributed by atoms with Crippen LogP contribution in [-0.2, 0) is 71.6 Å². The average molecular weight is 2100 g/mol. The number of aryl methyl sites for hydroxylation is 1. The lowest BCUT2D eigenvalue weighted by Crippen LogP contribution is -2.46. The number of amides is 4. The van der Waals surface area contributed by atoms with E-state index in [0.29, 0.717) is 90.5 Å². The number of para-hydroxylation sites is 1. The van der Waals surface area contributed by atoms with Gasteiger partial charge in [0.2, 0.25) is 23.6 Å². The van der Waals surface area contributed by atoms with Gasteiger partial charge in [0.1, 0.15) is 46.6 Å². The number of benzene rings is 5. The molecule has 18 rings (SSSR count). The van der Waals surface area contributed by atoms with Crippen LogP contribution < -0.4 is 26.0 Å². The Balaban J connectivity index is 0.000000150. The summed E-state index contributed by atoms with van der Waals surface area (Å²) in [5, 5.41) is 20.8. The van der Waals surface area contributed by atoms with E-state index in [1.807, 2.05) is 145 Å². The smallest absolute Gasteiger partial charge is 0.226 e. The molecule has 13 atom stereocenters. The molecule has 4 N–H and O–H groups in total. The minimum atomic E-state index is -0.396. The molecule has 4 aliphatic heterocycles. The number of ether oxygens (including phenoxy) is 1. The molecule has 26 nitrogen and oxygen atoms in total. The molecule has 5 aromatic heterocycles. The predicted molar refractivity (Wildman–Crippen MR) is 588 cm³/mol. The summed E-state index contributed by atoms with van der Waals surface area (Å²) in [4.78, 5) is 154. The van der Waals surface area contributed by atoms with Crippen molar-refractivity contribution in [3.8, 4) is 17.0 Å². The molecule has 4 amide bonds. The number of likely N-dealkylation sites (tertiary alicyclic amines) is 4. The lowest BCUT2D eigenvalue weighted by Gasteiger charge is -2.35. The largest absolute Gasteiger partial charge is 0.489 e. The highest BCUT2D eigenvalue weighted by Crippen LogP contribution is 2.44. The van der Waals surface area contributed by atoms with Gasteiger partial charge < -0.3 is 63.9 Å². The van der Waals surface area contributed by atoms with Crippen molar-refractivity contribution in [1.82, 2.24) is 68.9 Å². The predicted octanol–water partition coefficient (Wildman–Crippen LogP) is 21.2. The van der Waals surface area contributed by atoms with Crippen molar-refractivity contribution in [2.24, 2.45) is 54.4 Å². The Hall–Kier alpha value is -10.9. The van der Waals surface area contributed by atoms with Crippen LogP contribution >= 0.6 is 23.2 Å². The highest BCUT2D eigenvalue weighted by Gasteiger charge is 2.47. The highest BCUT2D eigenvalue weighted by molar-refractivity contribution is 6.37. The van der Waals surface area contributed by atoms with E-state index in [9.17, 15) is 61.5 Å². The molecule has 808 valence electrons. The van der Waals surface area contributed by atoms with Crippen LogP contribution in [0.25, 0.3) is 54.9 Å². The van der Waals surface area contributed by atoms with E-state index in [4.69, 9.17) is 27.9 Å². The van der Waals surface area contributed by atoms with Gasteiger partial charge in [0.15, 0.2) is 17.3 Å². The second-order valence-corrected chi connectivity index (χ2v) is 44.9. The van der Waals surface area contributed by atoms with Crippen molar-refractivity contribution in [3.05, 3.63) is 179 Å². The summed E-state index contributed by atoms with van der Waals surface area (Å²) in [6, 6.07) is 31.1. The molecule has 5 aromatic carbocycles. The van der Waals surface area contributed by atoms with E-state index >= 15 is 0 Å². The van der Waals surface area contributed by atoms with Crippen molar-refractivity contribution in [2.45, 2.75) is 328 Å². The van der Waals surface area contributed by atoms with Crippen LogP contribution in [0.3, 0.4) is 0 Å². The van der Waals surface area contributed by atoms with Gasteiger partial charge in [-0.15, -0.1) is 0 Å². The number of halogens is 4. The van der Waals surface area contributed by atoms with Crippen LogP contribution in [-0.4, -0.2) is 221 Å². The van der Waals surface area contributed by atoms with Crippen LogP contribution in [0.5, 0.6) is 5.75 Å². The molecule has 0 radical (unpaired) electrons. The van der Waals surface area contributed by atoms with Crippen molar-refractivity contribution >= 4 is 131 Å². The van der Waals surface area contributed by atoms with Gasteiger partial charge in [-0.25, -0.2) is 8.78 Å². The molecule has 150 heavy (non-hydrogen) atoms. The first-order valence-electron chi connectivity index (χ1n) is 55.6. The Labute approximate surface area is 893 Å². The molecule has 0 spiro atoms. The summed E-state index contributed by atoms with van der Waals surface area (Å²) >= 11 is 12.8. The maximum Gasteiger partial charge on any atom is 0.226 e. The molecule has 4 saturated carbocycles. The molecule has 30 heteroatoms. The van der Waals surface area contributed by atoms with Gasteiger partial charge in [-0.05, 0) is 269 Å². The first kappa shape index (κ1) is 113. The molecular formula is C120H158Cl2F2N14O12. The summed E-state index contributed by atoms with van der Waals surface area (Å²) in [5.41, 5.74) is 7.16. The average Bonchev–Trinajstić information content (AvgIpc) is 1.61. The second kappa shape index (κ2) is 52.6. The van der Waals surface area contributed by atoms with Crippen LogP contribution in [0.15, 0.2) is 140 Å². The van der Waals surface area contributed by atoms with Gasteiger partial charge in [-0.2, -0.15) is 5.10 Å². The maximum atomic E-state index is 14.5. The van der Waals surface area contributed by atoms with Crippen molar-refractivity contribution in [3.63, 3.8) is 0 Å². The molecule has 8 fully saturated rings. The quantitative estimate of drug-likeness (QED) is 0.0261. The van der Waals surface area contributed by atoms with Crippen LogP contribution in [0.2, 0.25) is 10.0 Å². The minimum absolute atomic E-state index is 0.0111. The van der Waals surface area contributed by atoms with Gasteiger partial charge in [-0.3, -0.25) is 57.4 Å². The van der Waals surface area contributed by atoms with Gasteiger partial charge in [-0.1, -0.05) is 131 Å². The van der Waals surface area contributed by atoms with E-state index in [2.05, 4.69) is 51.2 Å². The fourth-order valence-corrected chi connectivity index (χ4v) is 25.8. The Kier molecular flexibility index (Phi) is 39.7. The number of hydrogen-bond acceptors (Lipinski definition) is 17. The number of carbonyl (C=O) groups excluding carboxylic acids is 11. The van der Waals surface area contributed by atoms with Gasteiger partial charge in [0, 0.05) is 218 Å². The zero-order chi connectivity index (χ0) is 107. The number of carbonyl (C=O) groups is 11. The van der Waals surface area contributed by atoms with Crippen molar-refractivity contribution < 1.29 is 66.3 Å². The van der Waals surface area contributed by atoms with Gasteiger partial charge >= 0.3 is 0 Å². The molecule has 0 bridgehead atoms. The first-order chi connectivity index (χ1) is 72.2. The number of likely N-dealkylation sites (N-methyl/N-ethyl adjacent to an activating group) is 4. The maximum absolute atomic E-state index is 14.5. The zero-order valence-electron chi connectivity index (χ0n) is 90.1. The van der Waals surface area contributed by atoms with Crippen LogP contribution in [0.4, 0.5) is 8.78 Å².